The summed E-state index contributed by atoms with van der Waals surface area (Å²) in [5.74, 6) is 0. The van der Waals surface area contributed by atoms with Crippen LogP contribution in [0.3, 0.4) is 0 Å². The van der Waals surface area contributed by atoms with Crippen molar-refractivity contribution in [1.29, 1.82) is 0 Å². The number of benzene rings is 1. The summed E-state index contributed by atoms with van der Waals surface area (Å²) in [6.45, 7) is 0.931. The van der Waals surface area contributed by atoms with Crippen LogP contribution in [0.2, 0.25) is 0 Å². The van der Waals surface area contributed by atoms with Crippen molar-refractivity contribution in [3.05, 3.63) is 35.9 Å². The van der Waals surface area contributed by atoms with Crippen LogP contribution in [-0.2, 0) is 4.74 Å². The Morgan fingerprint density at radius 3 is 2.37 bits per heavy atom. The summed E-state index contributed by atoms with van der Waals surface area (Å²) < 4.78 is 6.04. The highest BCUT2D eigenvalue weighted by atomic mass is 16.5. The third-order valence-corrected chi connectivity index (χ3v) is 4.52. The summed E-state index contributed by atoms with van der Waals surface area (Å²) in [5, 5.41) is 3.88. The molecule has 19 heavy (non-hydrogen) atoms. The van der Waals surface area contributed by atoms with Crippen LogP contribution in [0.4, 0.5) is 0 Å². The van der Waals surface area contributed by atoms with Crippen molar-refractivity contribution in [2.75, 3.05) is 6.61 Å². The molecule has 2 heteroatoms. The third-order valence-electron chi connectivity index (χ3n) is 4.52. The molecule has 1 aliphatic heterocycles. The molecule has 3 rings (SSSR count). The maximum absolute atomic E-state index is 6.04. The van der Waals surface area contributed by atoms with E-state index in [9.17, 15) is 0 Å². The maximum Gasteiger partial charge on any atom is 0.0769 e. The van der Waals surface area contributed by atoms with E-state index in [-0.39, 0.29) is 0 Å². The van der Waals surface area contributed by atoms with Crippen LogP contribution in [0.5, 0.6) is 0 Å². The van der Waals surface area contributed by atoms with Gasteiger partial charge in [-0.25, -0.2) is 0 Å². The Labute approximate surface area is 116 Å². The van der Waals surface area contributed by atoms with E-state index in [4.69, 9.17) is 4.74 Å². The fraction of sp³-hybridized carbons (Fsp3) is 0.647. The van der Waals surface area contributed by atoms with Crippen molar-refractivity contribution in [2.24, 2.45) is 0 Å². The first-order valence-corrected chi connectivity index (χ1v) is 7.86. The first kappa shape index (κ1) is 13.1. The Kier molecular flexibility index (Phi) is 4.52. The van der Waals surface area contributed by atoms with Gasteiger partial charge in [0.1, 0.15) is 0 Å². The van der Waals surface area contributed by atoms with Gasteiger partial charge in [-0.3, -0.25) is 0 Å². The highest BCUT2D eigenvalue weighted by Crippen LogP contribution is 2.29. The smallest absolute Gasteiger partial charge is 0.0769 e. The second kappa shape index (κ2) is 6.53. The van der Waals surface area contributed by atoms with Crippen LogP contribution in [0, 0.1) is 0 Å². The van der Waals surface area contributed by atoms with Gasteiger partial charge < -0.3 is 10.1 Å². The molecule has 1 N–H and O–H groups in total. The third kappa shape index (κ3) is 3.37. The molecule has 2 fully saturated rings. The van der Waals surface area contributed by atoms with Crippen molar-refractivity contribution in [3.8, 4) is 0 Å². The minimum absolute atomic E-state index is 0.358. The SMILES string of the molecule is c1ccc(C(NC2CCCC2)C2CCCCO2)cc1. The van der Waals surface area contributed by atoms with Crippen molar-refractivity contribution in [1.82, 2.24) is 5.32 Å². The van der Waals surface area contributed by atoms with Crippen LogP contribution in [0.1, 0.15) is 56.6 Å². The highest BCUT2D eigenvalue weighted by Gasteiger charge is 2.28. The fourth-order valence-corrected chi connectivity index (χ4v) is 3.45. The van der Waals surface area contributed by atoms with E-state index in [1.54, 1.807) is 0 Å². The summed E-state index contributed by atoms with van der Waals surface area (Å²) >= 11 is 0. The summed E-state index contributed by atoms with van der Waals surface area (Å²) in [7, 11) is 0. The minimum Gasteiger partial charge on any atom is -0.376 e. The predicted molar refractivity (Wildman–Crippen MR) is 78.2 cm³/mol. The molecule has 2 atom stereocenters. The van der Waals surface area contributed by atoms with Gasteiger partial charge in [-0.1, -0.05) is 43.2 Å². The Bertz CT molecular complexity index is 366. The van der Waals surface area contributed by atoms with Gasteiger partial charge in [0, 0.05) is 12.6 Å². The Morgan fingerprint density at radius 1 is 0.947 bits per heavy atom. The molecular formula is C17H25NO. The summed E-state index contributed by atoms with van der Waals surface area (Å²) in [5.41, 5.74) is 1.39. The number of rotatable bonds is 4. The first-order chi connectivity index (χ1) is 9.43. The zero-order chi connectivity index (χ0) is 12.9. The average Bonchev–Trinajstić information content (AvgIpc) is 3.00. The highest BCUT2D eigenvalue weighted by molar-refractivity contribution is 5.20. The standard InChI is InChI=1S/C17H25NO/c1-2-8-14(9-3-1)17(16-12-6-7-13-19-16)18-15-10-4-5-11-15/h1-3,8-9,15-18H,4-7,10-13H2. The molecule has 2 nitrogen and oxygen atoms in total. The van der Waals surface area contributed by atoms with E-state index in [0.717, 1.165) is 6.61 Å². The average molecular weight is 259 g/mol. The quantitative estimate of drug-likeness (QED) is 0.887. The van der Waals surface area contributed by atoms with Crippen LogP contribution < -0.4 is 5.32 Å². The zero-order valence-electron chi connectivity index (χ0n) is 11.7. The normalized spacial score (nSPS) is 26.4. The van der Waals surface area contributed by atoms with Crippen LogP contribution >= 0.6 is 0 Å². The van der Waals surface area contributed by atoms with Gasteiger partial charge in [-0.2, -0.15) is 0 Å². The van der Waals surface area contributed by atoms with Gasteiger partial charge in [0.15, 0.2) is 0 Å². The van der Waals surface area contributed by atoms with Crippen LogP contribution in [0.25, 0.3) is 0 Å². The minimum atomic E-state index is 0.358. The van der Waals surface area contributed by atoms with Crippen molar-refractivity contribution >= 4 is 0 Å². The molecule has 2 aliphatic rings. The van der Waals surface area contributed by atoms with Crippen LogP contribution in [0.15, 0.2) is 30.3 Å². The fourth-order valence-electron chi connectivity index (χ4n) is 3.45. The number of nitrogens with one attached hydrogen (secondary N) is 1. The number of ether oxygens (including phenoxy) is 1. The molecule has 2 unspecified atom stereocenters. The Hall–Kier alpha value is -0.860. The number of hydrogen-bond donors (Lipinski definition) is 1. The molecule has 0 radical (unpaired) electrons. The molecule has 1 aromatic rings. The lowest BCUT2D eigenvalue weighted by Crippen LogP contribution is -2.40. The maximum atomic E-state index is 6.04. The van der Waals surface area contributed by atoms with E-state index >= 15 is 0 Å². The van der Waals surface area contributed by atoms with Gasteiger partial charge in [-0.05, 0) is 37.7 Å². The van der Waals surface area contributed by atoms with Gasteiger partial charge in [0.2, 0.25) is 0 Å². The van der Waals surface area contributed by atoms with E-state index in [0.29, 0.717) is 18.2 Å². The van der Waals surface area contributed by atoms with Gasteiger partial charge in [-0.15, -0.1) is 0 Å². The summed E-state index contributed by atoms with van der Waals surface area (Å²) in [4.78, 5) is 0. The lowest BCUT2D eigenvalue weighted by Gasteiger charge is -2.33. The first-order valence-electron chi connectivity index (χ1n) is 7.86. The topological polar surface area (TPSA) is 21.3 Å². The lowest BCUT2D eigenvalue weighted by molar-refractivity contribution is -0.0106. The molecule has 0 bridgehead atoms. The van der Waals surface area contributed by atoms with Crippen molar-refractivity contribution < 1.29 is 4.74 Å². The molecule has 1 saturated heterocycles. The lowest BCUT2D eigenvalue weighted by atomic mass is 9.95. The molecule has 1 aliphatic carbocycles. The second-order valence-corrected chi connectivity index (χ2v) is 5.94. The van der Waals surface area contributed by atoms with Gasteiger partial charge >= 0.3 is 0 Å². The van der Waals surface area contributed by atoms with Crippen molar-refractivity contribution in [3.63, 3.8) is 0 Å². The largest absolute Gasteiger partial charge is 0.376 e. The van der Waals surface area contributed by atoms with Gasteiger partial charge in [0.05, 0.1) is 12.1 Å². The molecular weight excluding hydrogens is 234 g/mol. The summed E-state index contributed by atoms with van der Waals surface area (Å²) in [6.07, 6.45) is 9.50. The van der Waals surface area contributed by atoms with Crippen LogP contribution in [-0.4, -0.2) is 18.8 Å². The molecule has 1 aromatic carbocycles. The molecule has 0 spiro atoms. The number of hydrogen-bond acceptors (Lipinski definition) is 2. The predicted octanol–water partition coefficient (Wildman–Crippen LogP) is 3.83. The summed E-state index contributed by atoms with van der Waals surface area (Å²) in [6, 6.07) is 11.9. The molecule has 104 valence electrons. The molecule has 1 saturated carbocycles. The monoisotopic (exact) mass is 259 g/mol. The Balaban J connectivity index is 1.73. The molecule has 1 heterocycles. The van der Waals surface area contributed by atoms with E-state index in [1.807, 2.05) is 0 Å². The second-order valence-electron chi connectivity index (χ2n) is 5.94. The van der Waals surface area contributed by atoms with E-state index in [1.165, 1.54) is 50.5 Å². The van der Waals surface area contributed by atoms with Crippen molar-refractivity contribution in [2.45, 2.75) is 63.1 Å². The zero-order valence-corrected chi connectivity index (χ0v) is 11.7. The van der Waals surface area contributed by atoms with E-state index < -0.39 is 0 Å². The van der Waals surface area contributed by atoms with Gasteiger partial charge in [0.25, 0.3) is 0 Å². The molecule has 0 amide bonds. The Morgan fingerprint density at radius 2 is 1.68 bits per heavy atom. The molecule has 0 aromatic heterocycles. The van der Waals surface area contributed by atoms with E-state index in [2.05, 4.69) is 35.6 Å².